The first-order chi connectivity index (χ1) is 15.9. The molecule has 9 nitrogen and oxygen atoms in total. The molecule has 172 valence electrons. The lowest BCUT2D eigenvalue weighted by Gasteiger charge is -2.37. The zero-order chi connectivity index (χ0) is 23.1. The Bertz CT molecular complexity index is 1170. The minimum atomic E-state index is -0.788. The first-order valence-corrected chi connectivity index (χ1v) is 11.4. The molecule has 2 aromatic heterocycles. The standard InChI is InChI=1S/C24H27N5O4/c1-16(29-23(32)18-6-2-3-7-19(18)24(29)33)22(31)27-12-10-26(11-13-27)15-17-14-21(30)28-9-5-4-8-20(28)25-17/h2-5,8-9,14,16,18-19H,6-7,10-13,15H2,1H3/t16-,18-,19+/m0/s1. The van der Waals surface area contributed by atoms with Crippen LogP contribution in [-0.2, 0) is 20.9 Å². The van der Waals surface area contributed by atoms with E-state index in [0.717, 1.165) is 0 Å². The van der Waals surface area contributed by atoms with Crippen molar-refractivity contribution in [2.24, 2.45) is 11.8 Å². The third-order valence-electron chi connectivity index (χ3n) is 6.98. The molecule has 1 aliphatic carbocycles. The molecule has 2 saturated heterocycles. The molecule has 5 rings (SSSR count). The summed E-state index contributed by atoms with van der Waals surface area (Å²) in [5, 5.41) is 0. The lowest BCUT2D eigenvalue weighted by Crippen LogP contribution is -2.55. The van der Waals surface area contributed by atoms with Gasteiger partial charge in [0.2, 0.25) is 17.7 Å². The molecule has 3 atom stereocenters. The average Bonchev–Trinajstić information content (AvgIpc) is 3.09. The van der Waals surface area contributed by atoms with Crippen LogP contribution in [0, 0.1) is 11.8 Å². The summed E-state index contributed by atoms with van der Waals surface area (Å²) in [5.74, 6) is -1.28. The van der Waals surface area contributed by atoms with Gasteiger partial charge >= 0.3 is 0 Å². The minimum absolute atomic E-state index is 0.117. The smallest absolute Gasteiger partial charge is 0.258 e. The van der Waals surface area contributed by atoms with Crippen LogP contribution in [0.15, 0.2) is 47.4 Å². The second kappa shape index (κ2) is 8.55. The molecule has 0 bridgehead atoms. The Kier molecular flexibility index (Phi) is 5.57. The molecule has 3 amide bonds. The van der Waals surface area contributed by atoms with Crippen LogP contribution in [-0.4, -0.2) is 74.0 Å². The molecular formula is C24H27N5O4. The van der Waals surface area contributed by atoms with E-state index in [2.05, 4.69) is 9.88 Å². The third kappa shape index (κ3) is 3.86. The Morgan fingerprint density at radius 2 is 1.70 bits per heavy atom. The Morgan fingerprint density at radius 3 is 2.36 bits per heavy atom. The van der Waals surface area contributed by atoms with Crippen molar-refractivity contribution in [3.05, 3.63) is 58.7 Å². The van der Waals surface area contributed by atoms with Crippen LogP contribution < -0.4 is 5.56 Å². The molecule has 4 heterocycles. The van der Waals surface area contributed by atoms with Gasteiger partial charge in [-0.1, -0.05) is 18.2 Å². The fourth-order valence-corrected chi connectivity index (χ4v) is 5.12. The van der Waals surface area contributed by atoms with Crippen LogP contribution in [0.1, 0.15) is 25.5 Å². The lowest BCUT2D eigenvalue weighted by molar-refractivity contribution is -0.151. The van der Waals surface area contributed by atoms with Crippen molar-refractivity contribution >= 4 is 23.4 Å². The van der Waals surface area contributed by atoms with E-state index in [9.17, 15) is 19.2 Å². The first kappa shape index (κ1) is 21.5. The Morgan fingerprint density at radius 1 is 1.03 bits per heavy atom. The molecule has 0 radical (unpaired) electrons. The maximum absolute atomic E-state index is 13.1. The summed E-state index contributed by atoms with van der Waals surface area (Å²) in [4.78, 5) is 60.7. The summed E-state index contributed by atoms with van der Waals surface area (Å²) < 4.78 is 1.51. The summed E-state index contributed by atoms with van der Waals surface area (Å²) >= 11 is 0. The number of fused-ring (bicyclic) bond motifs is 2. The van der Waals surface area contributed by atoms with Gasteiger partial charge in [-0.2, -0.15) is 0 Å². The largest absolute Gasteiger partial charge is 0.338 e. The van der Waals surface area contributed by atoms with Gasteiger partial charge in [0.15, 0.2) is 0 Å². The van der Waals surface area contributed by atoms with Gasteiger partial charge in [-0.3, -0.25) is 33.4 Å². The number of likely N-dealkylation sites (tertiary alicyclic amines) is 1. The van der Waals surface area contributed by atoms with Crippen molar-refractivity contribution < 1.29 is 14.4 Å². The van der Waals surface area contributed by atoms with Crippen LogP contribution in [0.25, 0.3) is 5.65 Å². The molecule has 0 saturated carbocycles. The van der Waals surface area contributed by atoms with E-state index in [1.54, 1.807) is 36.2 Å². The quantitative estimate of drug-likeness (QED) is 0.503. The number of hydrogen-bond acceptors (Lipinski definition) is 6. The van der Waals surface area contributed by atoms with Gasteiger partial charge in [-0.25, -0.2) is 4.98 Å². The van der Waals surface area contributed by atoms with E-state index < -0.39 is 6.04 Å². The summed E-state index contributed by atoms with van der Waals surface area (Å²) in [5.41, 5.74) is 1.19. The van der Waals surface area contributed by atoms with Gasteiger partial charge in [-0.05, 0) is 31.9 Å². The SMILES string of the molecule is C[C@@H](C(=O)N1CCN(Cc2cc(=O)n3ccccc3n2)CC1)N1C(=O)[C@H]2CC=CC[C@H]2C1=O. The number of carbonyl (C=O) groups excluding carboxylic acids is 3. The summed E-state index contributed by atoms with van der Waals surface area (Å²) in [7, 11) is 0. The van der Waals surface area contributed by atoms with Crippen molar-refractivity contribution in [1.82, 2.24) is 24.1 Å². The maximum Gasteiger partial charge on any atom is 0.258 e. The molecule has 0 aromatic carbocycles. The van der Waals surface area contributed by atoms with Crippen molar-refractivity contribution in [1.29, 1.82) is 0 Å². The topological polar surface area (TPSA) is 95.3 Å². The molecule has 0 spiro atoms. The normalized spacial score (nSPS) is 24.4. The zero-order valence-corrected chi connectivity index (χ0v) is 18.6. The summed E-state index contributed by atoms with van der Waals surface area (Å²) in [6.07, 6.45) is 6.72. The summed E-state index contributed by atoms with van der Waals surface area (Å²) in [6.45, 7) is 4.44. The molecular weight excluding hydrogens is 422 g/mol. The zero-order valence-electron chi connectivity index (χ0n) is 18.6. The van der Waals surface area contributed by atoms with Gasteiger partial charge in [0, 0.05) is 45.0 Å². The van der Waals surface area contributed by atoms with E-state index in [1.165, 1.54) is 9.30 Å². The Balaban J connectivity index is 1.20. The van der Waals surface area contributed by atoms with Crippen LogP contribution >= 0.6 is 0 Å². The van der Waals surface area contributed by atoms with Gasteiger partial charge in [-0.15, -0.1) is 0 Å². The molecule has 0 N–H and O–H groups in total. The molecule has 2 fully saturated rings. The second-order valence-corrected chi connectivity index (χ2v) is 8.99. The van der Waals surface area contributed by atoms with Crippen molar-refractivity contribution in [2.75, 3.05) is 26.2 Å². The molecule has 3 aliphatic rings. The first-order valence-electron chi connectivity index (χ1n) is 11.4. The van der Waals surface area contributed by atoms with Gasteiger partial charge in [0.1, 0.15) is 11.7 Å². The minimum Gasteiger partial charge on any atom is -0.338 e. The van der Waals surface area contributed by atoms with Crippen molar-refractivity contribution in [3.8, 4) is 0 Å². The predicted molar refractivity (Wildman–Crippen MR) is 120 cm³/mol. The maximum atomic E-state index is 13.1. The highest BCUT2D eigenvalue weighted by atomic mass is 16.2. The van der Waals surface area contributed by atoms with E-state index in [-0.39, 0.29) is 35.1 Å². The van der Waals surface area contributed by atoms with Crippen LogP contribution in [0.4, 0.5) is 0 Å². The van der Waals surface area contributed by atoms with Crippen LogP contribution in [0.2, 0.25) is 0 Å². The molecule has 0 unspecified atom stereocenters. The number of amides is 3. The summed E-state index contributed by atoms with van der Waals surface area (Å²) in [6, 6.07) is 6.20. The highest BCUT2D eigenvalue weighted by Crippen LogP contribution is 2.36. The fourth-order valence-electron chi connectivity index (χ4n) is 5.12. The number of pyridine rings is 1. The number of allylic oxidation sites excluding steroid dienone is 2. The molecule has 9 heteroatoms. The monoisotopic (exact) mass is 449 g/mol. The number of rotatable bonds is 4. The highest BCUT2D eigenvalue weighted by molar-refractivity contribution is 6.08. The number of nitrogens with zero attached hydrogens (tertiary/aromatic N) is 5. The number of carbonyl (C=O) groups is 3. The third-order valence-corrected chi connectivity index (χ3v) is 6.98. The Hall–Kier alpha value is -3.33. The van der Waals surface area contributed by atoms with Gasteiger partial charge < -0.3 is 4.90 Å². The van der Waals surface area contributed by atoms with E-state index >= 15 is 0 Å². The lowest BCUT2D eigenvalue weighted by atomic mass is 9.85. The second-order valence-electron chi connectivity index (χ2n) is 8.99. The van der Waals surface area contributed by atoms with E-state index in [4.69, 9.17) is 0 Å². The number of aromatic nitrogens is 2. The van der Waals surface area contributed by atoms with E-state index in [0.29, 0.717) is 56.9 Å². The molecule has 2 aromatic rings. The van der Waals surface area contributed by atoms with Gasteiger partial charge in [0.05, 0.1) is 17.5 Å². The number of hydrogen-bond donors (Lipinski definition) is 0. The van der Waals surface area contributed by atoms with Crippen molar-refractivity contribution in [2.45, 2.75) is 32.4 Å². The number of piperazine rings is 1. The molecule has 2 aliphatic heterocycles. The Labute approximate surface area is 191 Å². The average molecular weight is 450 g/mol. The highest BCUT2D eigenvalue weighted by Gasteiger charge is 2.50. The fraction of sp³-hybridized carbons (Fsp3) is 0.458. The number of imide groups is 1. The van der Waals surface area contributed by atoms with Crippen LogP contribution in [0.3, 0.4) is 0 Å². The predicted octanol–water partition coefficient (Wildman–Crippen LogP) is 0.678. The van der Waals surface area contributed by atoms with Gasteiger partial charge in [0.25, 0.3) is 5.56 Å². The molecule has 33 heavy (non-hydrogen) atoms. The van der Waals surface area contributed by atoms with Crippen molar-refractivity contribution in [3.63, 3.8) is 0 Å². The van der Waals surface area contributed by atoms with Crippen LogP contribution in [0.5, 0.6) is 0 Å². The van der Waals surface area contributed by atoms with E-state index in [1.807, 2.05) is 18.2 Å².